The molecule has 194 valence electrons. The van der Waals surface area contributed by atoms with E-state index in [4.69, 9.17) is 10.8 Å². The second kappa shape index (κ2) is 10.6. The van der Waals surface area contributed by atoms with E-state index < -0.39 is 0 Å². The van der Waals surface area contributed by atoms with Crippen molar-refractivity contribution in [1.82, 2.24) is 0 Å². The van der Waals surface area contributed by atoms with Gasteiger partial charge in [-0.15, -0.1) is 0 Å². The minimum Gasteiger partial charge on any atom is -0.300 e. The number of hydrogen-bond acceptors (Lipinski definition) is 3. The Balaban J connectivity index is 1.27. The Labute approximate surface area is 240 Å². The lowest BCUT2D eigenvalue weighted by Crippen LogP contribution is -2.23. The van der Waals surface area contributed by atoms with Gasteiger partial charge in [0.2, 0.25) is 0 Å². The van der Waals surface area contributed by atoms with E-state index in [1.54, 1.807) is 12.2 Å². The van der Waals surface area contributed by atoms with Crippen molar-refractivity contribution in [1.29, 1.82) is 10.8 Å². The first kappa shape index (κ1) is 25.8. The van der Waals surface area contributed by atoms with Crippen molar-refractivity contribution in [2.75, 3.05) is 0 Å². The van der Waals surface area contributed by atoms with Gasteiger partial charge in [0.15, 0.2) is 0 Å². The van der Waals surface area contributed by atoms with Gasteiger partial charge in [-0.25, -0.2) is 0 Å². The molecule has 5 aromatic carbocycles. The van der Waals surface area contributed by atoms with E-state index in [0.29, 0.717) is 11.4 Å². The summed E-state index contributed by atoms with van der Waals surface area (Å²) in [4.78, 5) is 2.66. The highest BCUT2D eigenvalue weighted by atomic mass is 32.2. The molecule has 0 aromatic heterocycles. The molecule has 0 radical (unpaired) electrons. The summed E-state index contributed by atoms with van der Waals surface area (Å²) < 4.78 is 0. The van der Waals surface area contributed by atoms with Crippen molar-refractivity contribution >= 4 is 23.2 Å². The summed E-state index contributed by atoms with van der Waals surface area (Å²) in [5, 5.41) is 16.9. The third-order valence-electron chi connectivity index (χ3n) is 7.64. The lowest BCUT2D eigenvalue weighted by Gasteiger charge is -2.34. The van der Waals surface area contributed by atoms with Gasteiger partial charge in [-0.05, 0) is 87.0 Å². The fraction of sp³-hybridized carbons (Fsp3) is 0.0811. The fourth-order valence-electron chi connectivity index (χ4n) is 5.34. The van der Waals surface area contributed by atoms with Crippen LogP contribution >= 0.6 is 11.8 Å². The zero-order valence-electron chi connectivity index (χ0n) is 22.6. The van der Waals surface area contributed by atoms with Crippen molar-refractivity contribution in [3.8, 4) is 22.3 Å². The van der Waals surface area contributed by atoms with Gasteiger partial charge < -0.3 is 10.8 Å². The smallest absolute Gasteiger partial charge is 0.0613 e. The number of fused-ring (bicyclic) bond motifs is 2. The first-order valence-electron chi connectivity index (χ1n) is 13.4. The van der Waals surface area contributed by atoms with Crippen LogP contribution < -0.4 is 0 Å². The Morgan fingerprint density at radius 2 is 1.07 bits per heavy atom. The third kappa shape index (κ3) is 4.97. The number of hydrogen-bond donors (Lipinski definition) is 2. The monoisotopic (exact) mass is 534 g/mol. The molecule has 0 saturated carbocycles. The molecule has 0 bridgehead atoms. The van der Waals surface area contributed by atoms with Gasteiger partial charge in [0, 0.05) is 15.2 Å². The molecule has 1 aliphatic rings. The fourth-order valence-corrected chi connectivity index (χ4v) is 6.72. The van der Waals surface area contributed by atoms with Crippen molar-refractivity contribution in [3.05, 3.63) is 156 Å². The molecule has 2 N–H and O–H groups in total. The van der Waals surface area contributed by atoms with Gasteiger partial charge in [0.1, 0.15) is 0 Å². The van der Waals surface area contributed by atoms with Crippen LogP contribution in [0.4, 0.5) is 0 Å². The van der Waals surface area contributed by atoms with Gasteiger partial charge in [-0.3, -0.25) is 0 Å². The number of rotatable bonds is 6. The molecule has 6 rings (SSSR count). The topological polar surface area (TPSA) is 47.7 Å². The Kier molecular flexibility index (Phi) is 6.83. The standard InChI is InChI=1S/C37H30N2S/c1-37(2)31-16-6-7-17-35(31)40-36-21-18-29(24-32(36)37)27-13-8-12-26(22-27)28-14-9-15-30(23-28)34(39)20-19-33(38)25-10-4-3-5-11-25/h3-24,38-39H,1-2H3/b20-19-,38-33?,39-34?. The Morgan fingerprint density at radius 3 is 1.82 bits per heavy atom. The van der Waals surface area contributed by atoms with E-state index in [2.05, 4.69) is 92.7 Å². The first-order valence-corrected chi connectivity index (χ1v) is 14.3. The lowest BCUT2D eigenvalue weighted by atomic mass is 9.77. The van der Waals surface area contributed by atoms with Gasteiger partial charge in [-0.2, -0.15) is 0 Å². The molecule has 0 fully saturated rings. The van der Waals surface area contributed by atoms with E-state index in [9.17, 15) is 0 Å². The van der Waals surface area contributed by atoms with Gasteiger partial charge in [0.05, 0.1) is 11.4 Å². The van der Waals surface area contributed by atoms with Gasteiger partial charge in [0.25, 0.3) is 0 Å². The Hall–Kier alpha value is -4.47. The molecule has 3 heteroatoms. The molecule has 0 saturated heterocycles. The van der Waals surface area contributed by atoms with Crippen molar-refractivity contribution in [2.45, 2.75) is 29.1 Å². The van der Waals surface area contributed by atoms with Gasteiger partial charge >= 0.3 is 0 Å². The molecule has 0 atom stereocenters. The number of allylic oxidation sites excluding steroid dienone is 2. The van der Waals surface area contributed by atoms with E-state index >= 15 is 0 Å². The van der Waals surface area contributed by atoms with Crippen LogP contribution in [0.5, 0.6) is 0 Å². The molecule has 0 aliphatic carbocycles. The van der Waals surface area contributed by atoms with Crippen LogP contribution in [-0.4, -0.2) is 11.4 Å². The van der Waals surface area contributed by atoms with Crippen LogP contribution in [0.25, 0.3) is 22.3 Å². The van der Waals surface area contributed by atoms with Crippen LogP contribution in [0.3, 0.4) is 0 Å². The minimum atomic E-state index is -0.0656. The first-order chi connectivity index (χ1) is 19.4. The summed E-state index contributed by atoms with van der Waals surface area (Å²) in [5.74, 6) is 0. The zero-order valence-corrected chi connectivity index (χ0v) is 23.4. The average Bonchev–Trinajstić information content (AvgIpc) is 3.00. The van der Waals surface area contributed by atoms with Gasteiger partial charge in [-0.1, -0.05) is 117 Å². The maximum atomic E-state index is 8.61. The summed E-state index contributed by atoms with van der Waals surface area (Å²) in [5.41, 5.74) is 9.69. The van der Waals surface area contributed by atoms with Crippen LogP contribution in [0, 0.1) is 10.8 Å². The predicted octanol–water partition coefficient (Wildman–Crippen LogP) is 9.80. The van der Waals surface area contributed by atoms with E-state index in [1.807, 2.05) is 54.2 Å². The quantitative estimate of drug-likeness (QED) is 0.209. The van der Waals surface area contributed by atoms with E-state index in [0.717, 1.165) is 22.3 Å². The largest absolute Gasteiger partial charge is 0.300 e. The molecular weight excluding hydrogens is 504 g/mol. The highest BCUT2D eigenvalue weighted by Crippen LogP contribution is 2.49. The van der Waals surface area contributed by atoms with Crippen molar-refractivity contribution in [2.24, 2.45) is 0 Å². The maximum Gasteiger partial charge on any atom is 0.0613 e. The Morgan fingerprint density at radius 1 is 0.525 bits per heavy atom. The summed E-state index contributed by atoms with van der Waals surface area (Å²) in [6.45, 7) is 4.64. The maximum absolute atomic E-state index is 8.61. The number of benzene rings is 5. The molecule has 40 heavy (non-hydrogen) atoms. The van der Waals surface area contributed by atoms with Crippen LogP contribution in [0.15, 0.2) is 143 Å². The van der Waals surface area contributed by atoms with Crippen molar-refractivity contribution in [3.63, 3.8) is 0 Å². The summed E-state index contributed by atoms with van der Waals surface area (Å²) in [6.07, 6.45) is 3.40. The molecule has 1 heterocycles. The molecule has 2 nitrogen and oxygen atoms in total. The summed E-state index contributed by atoms with van der Waals surface area (Å²) >= 11 is 1.86. The molecule has 5 aromatic rings. The van der Waals surface area contributed by atoms with E-state index in [1.165, 1.54) is 32.0 Å². The molecular formula is C37H30N2S. The molecule has 0 unspecified atom stereocenters. The van der Waals surface area contributed by atoms with E-state index in [-0.39, 0.29) is 5.41 Å². The van der Waals surface area contributed by atoms with Crippen molar-refractivity contribution < 1.29 is 0 Å². The second-order valence-corrected chi connectivity index (χ2v) is 11.7. The molecule has 1 aliphatic heterocycles. The summed E-state index contributed by atoms with van der Waals surface area (Å²) in [7, 11) is 0. The highest BCUT2D eigenvalue weighted by Gasteiger charge is 2.33. The molecule has 0 amide bonds. The minimum absolute atomic E-state index is 0.0656. The lowest BCUT2D eigenvalue weighted by molar-refractivity contribution is 0.607. The van der Waals surface area contributed by atoms with Crippen LogP contribution in [-0.2, 0) is 5.41 Å². The SMILES string of the molecule is CC1(C)c2ccccc2Sc2ccc(-c3cccc(-c4cccc(C(=N)/C=C\C(=N)c5ccccc5)c4)c3)cc21. The predicted molar refractivity (Wildman–Crippen MR) is 169 cm³/mol. The zero-order chi connectivity index (χ0) is 27.7. The summed E-state index contributed by atoms with van der Waals surface area (Å²) in [6, 6.07) is 41.9. The second-order valence-electron chi connectivity index (χ2n) is 10.6. The normalized spacial score (nSPS) is 13.4. The van der Waals surface area contributed by atoms with Crippen LogP contribution in [0.1, 0.15) is 36.1 Å². The molecule has 0 spiro atoms. The average molecular weight is 535 g/mol. The third-order valence-corrected chi connectivity index (χ3v) is 8.79. The number of nitrogens with one attached hydrogen (secondary N) is 2. The highest BCUT2D eigenvalue weighted by molar-refractivity contribution is 7.99. The van der Waals surface area contributed by atoms with Crippen LogP contribution in [0.2, 0.25) is 0 Å². The Bertz CT molecular complexity index is 1780.